The first-order valence-electron chi connectivity index (χ1n) is 18.9. The number of unbranched alkanes of at least 4 members (excludes halogenated alkanes) is 20. The molecule has 0 bridgehead atoms. The number of carboxylic acid groups (broad SMARTS) is 1. The van der Waals surface area contributed by atoms with E-state index < -0.39 is 24.1 Å². The topological polar surface area (TPSA) is 128 Å². The largest absolute Gasteiger partial charge is 0.465 e. The minimum atomic E-state index is -1.17. The molecule has 8 heteroatoms. The van der Waals surface area contributed by atoms with Crippen LogP contribution in [0.3, 0.4) is 0 Å². The van der Waals surface area contributed by atoms with Crippen molar-refractivity contribution in [3.05, 3.63) is 0 Å². The van der Waals surface area contributed by atoms with Crippen LogP contribution in [0.4, 0.5) is 4.79 Å². The number of carbonyl (C=O) groups is 3. The molecule has 0 rings (SSSR count). The Morgan fingerprint density at radius 2 is 0.844 bits per heavy atom. The minimum Gasteiger partial charge on any atom is -0.465 e. The molecule has 0 fully saturated rings. The number of nitrogens with one attached hydrogen (secondary N) is 1. The molecule has 45 heavy (non-hydrogen) atoms. The van der Waals surface area contributed by atoms with E-state index in [1.54, 1.807) is 0 Å². The molecule has 0 aromatic rings. The predicted molar refractivity (Wildman–Crippen MR) is 188 cm³/mol. The highest BCUT2D eigenvalue weighted by molar-refractivity contribution is 5.80. The van der Waals surface area contributed by atoms with E-state index in [9.17, 15) is 14.4 Å². The highest BCUT2D eigenvalue weighted by Gasteiger charge is 2.21. The maximum absolute atomic E-state index is 11.9. The lowest BCUT2D eigenvalue weighted by Gasteiger charge is -2.15. The third-order valence-electron chi connectivity index (χ3n) is 8.08. The molecule has 2 atom stereocenters. The molecule has 2 unspecified atom stereocenters. The fourth-order valence-corrected chi connectivity index (χ4v) is 5.08. The van der Waals surface area contributed by atoms with Crippen LogP contribution in [0.15, 0.2) is 0 Å². The summed E-state index contributed by atoms with van der Waals surface area (Å²) in [7, 11) is 0. The summed E-state index contributed by atoms with van der Waals surface area (Å²) >= 11 is 0. The van der Waals surface area contributed by atoms with Crippen molar-refractivity contribution < 1.29 is 29.0 Å². The van der Waals surface area contributed by atoms with Crippen LogP contribution in [0.2, 0.25) is 0 Å². The number of carbonyl (C=O) groups excluding carboxylic acids is 2. The second kappa shape index (κ2) is 36.6. The predicted octanol–water partition coefficient (Wildman–Crippen LogP) is 10.2. The summed E-state index contributed by atoms with van der Waals surface area (Å²) in [4.78, 5) is 34.2. The Hall–Kier alpha value is -1.83. The molecule has 4 N–H and O–H groups in total. The van der Waals surface area contributed by atoms with Crippen molar-refractivity contribution in [3.63, 3.8) is 0 Å². The first kappa shape index (κ1) is 45.3. The van der Waals surface area contributed by atoms with E-state index >= 15 is 0 Å². The smallest absolute Gasteiger partial charge is 0.405 e. The number of hydrogen-bond donors (Lipinski definition) is 3. The molecular formula is C37H74N2O6. The third kappa shape index (κ3) is 34.9. The lowest BCUT2D eigenvalue weighted by molar-refractivity contribution is -0.146. The van der Waals surface area contributed by atoms with Crippen molar-refractivity contribution in [1.29, 1.82) is 0 Å². The van der Waals surface area contributed by atoms with Crippen LogP contribution in [-0.2, 0) is 19.1 Å². The van der Waals surface area contributed by atoms with E-state index in [0.717, 1.165) is 57.8 Å². The highest BCUT2D eigenvalue weighted by Crippen LogP contribution is 2.12. The van der Waals surface area contributed by atoms with E-state index in [1.807, 2.05) is 6.92 Å². The summed E-state index contributed by atoms with van der Waals surface area (Å²) in [6, 6.07) is -1.15. The van der Waals surface area contributed by atoms with E-state index in [0.29, 0.717) is 19.6 Å². The van der Waals surface area contributed by atoms with Crippen molar-refractivity contribution in [3.8, 4) is 0 Å². The number of ether oxygens (including phenoxy) is 2. The van der Waals surface area contributed by atoms with Gasteiger partial charge in [0.05, 0.1) is 13.2 Å². The monoisotopic (exact) mass is 643 g/mol. The van der Waals surface area contributed by atoms with E-state index in [1.165, 1.54) is 103 Å². The normalized spacial score (nSPS) is 12.1. The number of rotatable bonds is 31. The molecule has 0 heterocycles. The number of hydrogen-bond acceptors (Lipinski definition) is 6. The summed E-state index contributed by atoms with van der Waals surface area (Å²) < 4.78 is 10.4. The molecule has 0 saturated heterocycles. The molecule has 0 saturated carbocycles. The van der Waals surface area contributed by atoms with Gasteiger partial charge in [-0.25, -0.2) is 9.59 Å². The zero-order chi connectivity index (χ0) is 33.8. The van der Waals surface area contributed by atoms with Gasteiger partial charge >= 0.3 is 18.0 Å². The number of nitrogens with two attached hydrogens (primary N) is 1. The van der Waals surface area contributed by atoms with Crippen LogP contribution in [0.25, 0.3) is 0 Å². The second-order valence-electron chi connectivity index (χ2n) is 12.6. The number of amides is 1. The van der Waals surface area contributed by atoms with Gasteiger partial charge in [-0.1, -0.05) is 169 Å². The van der Waals surface area contributed by atoms with Gasteiger partial charge < -0.3 is 25.6 Å². The Balaban J connectivity index is 0. The Kier molecular flexibility index (Phi) is 36.9. The van der Waals surface area contributed by atoms with Gasteiger partial charge in [-0.3, -0.25) is 4.79 Å². The van der Waals surface area contributed by atoms with Gasteiger partial charge in [0.2, 0.25) is 0 Å². The average molecular weight is 643 g/mol. The van der Waals surface area contributed by atoms with E-state index in [-0.39, 0.29) is 5.97 Å². The molecular weight excluding hydrogens is 568 g/mol. The maximum atomic E-state index is 11.9. The van der Waals surface area contributed by atoms with Gasteiger partial charge in [0.25, 0.3) is 0 Å². The van der Waals surface area contributed by atoms with Crippen LogP contribution in [-0.4, -0.2) is 48.4 Å². The van der Waals surface area contributed by atoms with E-state index in [2.05, 4.69) is 26.1 Å². The van der Waals surface area contributed by atoms with Crippen molar-refractivity contribution in [2.45, 2.75) is 207 Å². The molecule has 0 radical (unpaired) electrons. The first-order chi connectivity index (χ1) is 21.8. The Bertz CT molecular complexity index is 661. The molecule has 0 aliphatic heterocycles. The SMILES string of the molecule is CCCCCCCCCCCCOC(=O)C(CCCC)NC(=O)O.CCCCCCCCCCCCOC(=O)C(N)CCCC. The lowest BCUT2D eigenvalue weighted by Crippen LogP contribution is -2.41. The zero-order valence-corrected chi connectivity index (χ0v) is 30.0. The zero-order valence-electron chi connectivity index (χ0n) is 30.0. The molecule has 1 amide bonds. The third-order valence-corrected chi connectivity index (χ3v) is 8.08. The van der Waals surface area contributed by atoms with Gasteiger partial charge in [0.1, 0.15) is 12.1 Å². The van der Waals surface area contributed by atoms with Gasteiger partial charge in [-0.15, -0.1) is 0 Å². The number of esters is 2. The summed E-state index contributed by atoms with van der Waals surface area (Å²) in [6.45, 7) is 9.52. The molecule has 0 aromatic carbocycles. The summed E-state index contributed by atoms with van der Waals surface area (Å²) in [6.07, 6.45) is 29.1. The van der Waals surface area contributed by atoms with Crippen molar-refractivity contribution in [2.24, 2.45) is 5.73 Å². The molecule has 0 aromatic heterocycles. The van der Waals surface area contributed by atoms with Crippen molar-refractivity contribution >= 4 is 18.0 Å². The minimum absolute atomic E-state index is 0.223. The molecule has 268 valence electrons. The van der Waals surface area contributed by atoms with Gasteiger partial charge in [-0.2, -0.15) is 0 Å². The highest BCUT2D eigenvalue weighted by atomic mass is 16.5. The fourth-order valence-electron chi connectivity index (χ4n) is 5.08. The molecule has 8 nitrogen and oxygen atoms in total. The second-order valence-corrected chi connectivity index (χ2v) is 12.6. The van der Waals surface area contributed by atoms with Crippen LogP contribution >= 0.6 is 0 Å². The van der Waals surface area contributed by atoms with Gasteiger partial charge in [-0.05, 0) is 25.7 Å². The molecule has 0 aliphatic rings. The van der Waals surface area contributed by atoms with Gasteiger partial charge in [0, 0.05) is 0 Å². The van der Waals surface area contributed by atoms with Crippen LogP contribution < -0.4 is 11.1 Å². The summed E-state index contributed by atoms with van der Waals surface area (Å²) in [5, 5.41) is 11.0. The molecule has 0 spiro atoms. The van der Waals surface area contributed by atoms with E-state index in [4.69, 9.17) is 20.3 Å². The standard InChI is InChI=1S/C19H37NO4.C18H37NO2/c1-3-5-7-8-9-10-11-12-13-14-16-24-18(21)17(15-6-4-2)20-19(22)23;1-3-5-7-8-9-10-11-12-13-14-16-21-18(20)17(19)15-6-4-2/h17,20H,3-16H2,1-2H3,(H,22,23);17H,3-16,19H2,1-2H3. The Labute approximate surface area is 277 Å². The van der Waals surface area contributed by atoms with Crippen molar-refractivity contribution in [1.82, 2.24) is 5.32 Å². The summed E-state index contributed by atoms with van der Waals surface area (Å²) in [5.74, 6) is -0.666. The quantitative estimate of drug-likeness (QED) is 0.0507. The average Bonchev–Trinajstić information content (AvgIpc) is 3.03. The van der Waals surface area contributed by atoms with Crippen LogP contribution in [0.1, 0.15) is 195 Å². The molecule has 0 aliphatic carbocycles. The van der Waals surface area contributed by atoms with Crippen molar-refractivity contribution in [2.75, 3.05) is 13.2 Å². The lowest BCUT2D eigenvalue weighted by atomic mass is 10.1. The Morgan fingerprint density at radius 1 is 0.511 bits per heavy atom. The van der Waals surface area contributed by atoms with Gasteiger partial charge in [0.15, 0.2) is 0 Å². The summed E-state index contributed by atoms with van der Waals surface area (Å²) in [5.41, 5.74) is 5.76. The maximum Gasteiger partial charge on any atom is 0.405 e. The Morgan fingerprint density at radius 3 is 1.22 bits per heavy atom. The first-order valence-corrected chi connectivity index (χ1v) is 18.9. The fraction of sp³-hybridized carbons (Fsp3) is 0.919. The van der Waals surface area contributed by atoms with Crippen LogP contribution in [0, 0.1) is 0 Å². The van der Waals surface area contributed by atoms with Crippen LogP contribution in [0.5, 0.6) is 0 Å².